The monoisotopic (exact) mass is 228 g/mol. The van der Waals surface area contributed by atoms with Crippen LogP contribution in [0.4, 0.5) is 0 Å². The normalized spacial score (nSPS) is 26.7. The molecule has 1 saturated heterocycles. The summed E-state index contributed by atoms with van der Waals surface area (Å²) < 4.78 is 5.12. The first-order chi connectivity index (χ1) is 7.62. The minimum Gasteiger partial charge on any atom is -0.383 e. The minimum atomic E-state index is -0.236. The maximum absolute atomic E-state index is 12.1. The number of hydrogen-bond acceptors (Lipinski definition) is 3. The van der Waals surface area contributed by atoms with Gasteiger partial charge in [0.2, 0.25) is 5.91 Å². The van der Waals surface area contributed by atoms with Crippen LogP contribution in [0, 0.1) is 5.41 Å². The molecule has 1 aliphatic heterocycles. The second kappa shape index (κ2) is 6.21. The van der Waals surface area contributed by atoms with Crippen LogP contribution in [0.15, 0.2) is 0 Å². The first-order valence-corrected chi connectivity index (χ1v) is 6.13. The van der Waals surface area contributed by atoms with Crippen LogP contribution in [0.1, 0.15) is 33.1 Å². The Hall–Kier alpha value is -0.610. The lowest BCUT2D eigenvalue weighted by Crippen LogP contribution is -2.46. The molecule has 94 valence electrons. The lowest BCUT2D eigenvalue weighted by molar-refractivity contribution is -0.130. The molecule has 0 radical (unpaired) electrons. The maximum atomic E-state index is 12.1. The fourth-order valence-electron chi connectivity index (χ4n) is 2.12. The summed E-state index contributed by atoms with van der Waals surface area (Å²) in [6.45, 7) is 6.46. The van der Waals surface area contributed by atoms with Crippen molar-refractivity contribution < 1.29 is 9.53 Å². The summed E-state index contributed by atoms with van der Waals surface area (Å²) in [7, 11) is 1.67. The van der Waals surface area contributed by atoms with Crippen molar-refractivity contribution in [2.24, 2.45) is 5.41 Å². The molecule has 1 fully saturated rings. The highest BCUT2D eigenvalue weighted by Crippen LogP contribution is 2.24. The third kappa shape index (κ3) is 3.46. The van der Waals surface area contributed by atoms with Crippen LogP contribution in [-0.4, -0.2) is 38.8 Å². The molecule has 16 heavy (non-hydrogen) atoms. The van der Waals surface area contributed by atoms with Gasteiger partial charge in [-0.2, -0.15) is 0 Å². The molecule has 2 unspecified atom stereocenters. The van der Waals surface area contributed by atoms with Gasteiger partial charge >= 0.3 is 0 Å². The molecule has 1 amide bonds. The van der Waals surface area contributed by atoms with Gasteiger partial charge in [-0.3, -0.25) is 4.79 Å². The Balaban J connectivity index is 2.46. The van der Waals surface area contributed by atoms with Crippen LogP contribution in [0.5, 0.6) is 0 Å². The van der Waals surface area contributed by atoms with E-state index >= 15 is 0 Å². The van der Waals surface area contributed by atoms with Gasteiger partial charge in [0.25, 0.3) is 0 Å². The molecule has 4 nitrogen and oxygen atoms in total. The molecule has 0 saturated carbocycles. The second-order valence-corrected chi connectivity index (χ2v) is 4.90. The smallest absolute Gasteiger partial charge is 0.227 e. The van der Waals surface area contributed by atoms with Crippen molar-refractivity contribution in [3.63, 3.8) is 0 Å². The maximum Gasteiger partial charge on any atom is 0.227 e. The summed E-state index contributed by atoms with van der Waals surface area (Å²) in [4.78, 5) is 12.1. The van der Waals surface area contributed by atoms with E-state index in [4.69, 9.17) is 4.74 Å². The van der Waals surface area contributed by atoms with Gasteiger partial charge in [0.05, 0.1) is 18.1 Å². The van der Waals surface area contributed by atoms with Gasteiger partial charge in [-0.1, -0.05) is 13.3 Å². The van der Waals surface area contributed by atoms with Crippen LogP contribution in [0.3, 0.4) is 0 Å². The van der Waals surface area contributed by atoms with E-state index in [2.05, 4.69) is 17.6 Å². The molecular weight excluding hydrogens is 204 g/mol. The molecule has 0 aromatic carbocycles. The average molecular weight is 228 g/mol. The molecule has 0 aliphatic carbocycles. The summed E-state index contributed by atoms with van der Waals surface area (Å²) in [6, 6.07) is 0.153. The summed E-state index contributed by atoms with van der Waals surface area (Å²) in [5, 5.41) is 6.34. The van der Waals surface area contributed by atoms with Gasteiger partial charge in [-0.05, 0) is 26.3 Å². The predicted molar refractivity (Wildman–Crippen MR) is 64.3 cm³/mol. The zero-order valence-corrected chi connectivity index (χ0v) is 10.6. The van der Waals surface area contributed by atoms with E-state index in [1.54, 1.807) is 7.11 Å². The Kier molecular flexibility index (Phi) is 5.22. The predicted octanol–water partition coefficient (Wildman–Crippen LogP) is 0.917. The fraction of sp³-hybridized carbons (Fsp3) is 0.917. The highest BCUT2D eigenvalue weighted by atomic mass is 16.5. The summed E-state index contributed by atoms with van der Waals surface area (Å²) in [6.07, 6.45) is 2.96. The number of nitrogens with one attached hydrogen (secondary N) is 2. The second-order valence-electron chi connectivity index (χ2n) is 4.90. The average Bonchev–Trinajstić information content (AvgIpc) is 2.67. The molecule has 0 spiro atoms. The third-order valence-corrected chi connectivity index (χ3v) is 3.26. The fourth-order valence-corrected chi connectivity index (χ4v) is 2.12. The molecule has 2 atom stereocenters. The first-order valence-electron chi connectivity index (χ1n) is 6.13. The highest BCUT2D eigenvalue weighted by Gasteiger charge is 2.36. The Labute approximate surface area is 98.1 Å². The van der Waals surface area contributed by atoms with Gasteiger partial charge in [-0.15, -0.1) is 0 Å². The van der Waals surface area contributed by atoms with E-state index < -0.39 is 0 Å². The SMILES string of the molecule is CCCC(COC)NC(=O)C1(C)CCNC1. The number of carbonyl (C=O) groups is 1. The van der Waals surface area contributed by atoms with Crippen molar-refractivity contribution in [3.05, 3.63) is 0 Å². The molecule has 0 aromatic heterocycles. The number of hydrogen-bond donors (Lipinski definition) is 2. The number of carbonyl (C=O) groups excluding carboxylic acids is 1. The number of amides is 1. The number of ether oxygens (including phenoxy) is 1. The van der Waals surface area contributed by atoms with E-state index in [0.29, 0.717) is 6.61 Å². The van der Waals surface area contributed by atoms with Crippen molar-refractivity contribution in [3.8, 4) is 0 Å². The summed E-state index contributed by atoms with van der Waals surface area (Å²) >= 11 is 0. The van der Waals surface area contributed by atoms with E-state index in [9.17, 15) is 4.79 Å². The Morgan fingerprint density at radius 3 is 2.88 bits per heavy atom. The van der Waals surface area contributed by atoms with Crippen molar-refractivity contribution in [2.45, 2.75) is 39.2 Å². The lowest BCUT2D eigenvalue weighted by atomic mass is 9.88. The summed E-state index contributed by atoms with van der Waals surface area (Å²) in [5.74, 6) is 0.160. The topological polar surface area (TPSA) is 50.4 Å². The van der Waals surface area contributed by atoms with Gasteiger partial charge in [0.1, 0.15) is 0 Å². The number of rotatable bonds is 6. The van der Waals surface area contributed by atoms with Crippen molar-refractivity contribution in [2.75, 3.05) is 26.8 Å². The molecule has 4 heteroatoms. The largest absolute Gasteiger partial charge is 0.383 e. The summed E-state index contributed by atoms with van der Waals surface area (Å²) in [5.41, 5.74) is -0.236. The van der Waals surface area contributed by atoms with Crippen LogP contribution >= 0.6 is 0 Å². The van der Waals surface area contributed by atoms with Crippen LogP contribution < -0.4 is 10.6 Å². The molecule has 1 rings (SSSR count). The molecule has 1 heterocycles. The van der Waals surface area contributed by atoms with Crippen molar-refractivity contribution in [1.29, 1.82) is 0 Å². The Morgan fingerprint density at radius 2 is 2.38 bits per heavy atom. The van der Waals surface area contributed by atoms with Gasteiger partial charge in [0.15, 0.2) is 0 Å². The van der Waals surface area contributed by atoms with E-state index in [-0.39, 0.29) is 17.4 Å². The standard InChI is InChI=1S/C12H24N2O2/c1-4-5-10(8-16-3)14-11(15)12(2)6-7-13-9-12/h10,13H,4-9H2,1-3H3,(H,14,15). The zero-order chi connectivity index (χ0) is 12.0. The zero-order valence-electron chi connectivity index (χ0n) is 10.6. The van der Waals surface area contributed by atoms with Gasteiger partial charge in [0, 0.05) is 13.7 Å². The molecule has 1 aliphatic rings. The minimum absolute atomic E-state index is 0.153. The van der Waals surface area contributed by atoms with Crippen LogP contribution in [0.25, 0.3) is 0 Å². The molecule has 0 aromatic rings. The van der Waals surface area contributed by atoms with E-state index in [1.165, 1.54) is 0 Å². The van der Waals surface area contributed by atoms with Gasteiger partial charge < -0.3 is 15.4 Å². The quantitative estimate of drug-likeness (QED) is 0.710. The third-order valence-electron chi connectivity index (χ3n) is 3.26. The first kappa shape index (κ1) is 13.5. The Bertz CT molecular complexity index is 219. The van der Waals surface area contributed by atoms with Crippen molar-refractivity contribution in [1.82, 2.24) is 10.6 Å². The Morgan fingerprint density at radius 1 is 1.62 bits per heavy atom. The molecular formula is C12H24N2O2. The van der Waals surface area contributed by atoms with E-state index in [0.717, 1.165) is 32.4 Å². The molecule has 0 bridgehead atoms. The number of methoxy groups -OCH3 is 1. The van der Waals surface area contributed by atoms with E-state index in [1.807, 2.05) is 6.92 Å². The van der Waals surface area contributed by atoms with Crippen LogP contribution in [-0.2, 0) is 9.53 Å². The van der Waals surface area contributed by atoms with Gasteiger partial charge in [-0.25, -0.2) is 0 Å². The van der Waals surface area contributed by atoms with Crippen LogP contribution in [0.2, 0.25) is 0 Å². The highest BCUT2D eigenvalue weighted by molar-refractivity contribution is 5.83. The van der Waals surface area contributed by atoms with Crippen molar-refractivity contribution >= 4 is 5.91 Å². The lowest BCUT2D eigenvalue weighted by Gasteiger charge is -2.25. The molecule has 2 N–H and O–H groups in total.